The van der Waals surface area contributed by atoms with Crippen LogP contribution in [-0.4, -0.2) is 5.11 Å². The van der Waals surface area contributed by atoms with E-state index >= 15 is 0 Å². The molecular weight excluding hydrogens is 148 g/mol. The highest BCUT2D eigenvalue weighted by Gasteiger charge is 1.96. The van der Waals surface area contributed by atoms with Crippen molar-refractivity contribution in [2.45, 2.75) is 20.3 Å². The molecule has 0 amide bonds. The Hall–Kier alpha value is -1.24. The SMILES string of the molecule is C=CCC(=C/C)/C(O)=C\C=C/C. The van der Waals surface area contributed by atoms with Crippen LogP contribution >= 0.6 is 0 Å². The minimum absolute atomic E-state index is 0.315. The van der Waals surface area contributed by atoms with Crippen LogP contribution in [0.5, 0.6) is 0 Å². The lowest BCUT2D eigenvalue weighted by Crippen LogP contribution is -1.85. The van der Waals surface area contributed by atoms with Crippen molar-refractivity contribution in [3.63, 3.8) is 0 Å². The summed E-state index contributed by atoms with van der Waals surface area (Å²) < 4.78 is 0. The summed E-state index contributed by atoms with van der Waals surface area (Å²) >= 11 is 0. The summed E-state index contributed by atoms with van der Waals surface area (Å²) in [6, 6.07) is 0. The second-order valence-electron chi connectivity index (χ2n) is 2.38. The van der Waals surface area contributed by atoms with E-state index in [4.69, 9.17) is 0 Å². The molecule has 0 fully saturated rings. The standard InChI is InChI=1S/C11H16O/c1-4-7-9-11(12)10(6-3)8-5-2/h4-7,9,12H,2,8H2,1,3H3/b7-4-,10-6-,11-9+. The highest BCUT2D eigenvalue weighted by Crippen LogP contribution is 2.11. The van der Waals surface area contributed by atoms with E-state index in [9.17, 15) is 5.11 Å². The maximum atomic E-state index is 9.46. The normalized spacial score (nSPS) is 13.8. The average molecular weight is 164 g/mol. The van der Waals surface area contributed by atoms with Crippen LogP contribution in [0.2, 0.25) is 0 Å². The van der Waals surface area contributed by atoms with Crippen molar-refractivity contribution < 1.29 is 5.11 Å². The first kappa shape index (κ1) is 10.8. The Kier molecular flexibility index (Phi) is 5.80. The van der Waals surface area contributed by atoms with Crippen molar-refractivity contribution in [1.82, 2.24) is 0 Å². The molecule has 0 unspecified atom stereocenters. The molecule has 0 aromatic carbocycles. The lowest BCUT2D eigenvalue weighted by atomic mass is 10.1. The number of rotatable bonds is 4. The average Bonchev–Trinajstić information content (AvgIpc) is 2.10. The topological polar surface area (TPSA) is 20.2 Å². The van der Waals surface area contributed by atoms with Crippen LogP contribution in [-0.2, 0) is 0 Å². The van der Waals surface area contributed by atoms with Gasteiger partial charge in [-0.3, -0.25) is 0 Å². The van der Waals surface area contributed by atoms with E-state index in [-0.39, 0.29) is 0 Å². The maximum Gasteiger partial charge on any atom is 0.118 e. The Morgan fingerprint density at radius 2 is 2.08 bits per heavy atom. The highest BCUT2D eigenvalue weighted by molar-refractivity contribution is 5.28. The number of hydrogen-bond acceptors (Lipinski definition) is 1. The van der Waals surface area contributed by atoms with Gasteiger partial charge in [-0.1, -0.05) is 24.3 Å². The van der Waals surface area contributed by atoms with E-state index in [0.717, 1.165) is 5.57 Å². The van der Waals surface area contributed by atoms with E-state index < -0.39 is 0 Å². The third-order valence-electron chi connectivity index (χ3n) is 1.49. The van der Waals surface area contributed by atoms with Crippen LogP contribution in [0.15, 0.2) is 48.3 Å². The lowest BCUT2D eigenvalue weighted by Gasteiger charge is -2.00. The van der Waals surface area contributed by atoms with E-state index in [1.807, 2.05) is 32.1 Å². The van der Waals surface area contributed by atoms with Crippen molar-refractivity contribution in [1.29, 1.82) is 0 Å². The van der Waals surface area contributed by atoms with E-state index in [1.54, 1.807) is 12.2 Å². The predicted octanol–water partition coefficient (Wildman–Crippen LogP) is 3.53. The second kappa shape index (κ2) is 6.47. The van der Waals surface area contributed by atoms with Gasteiger partial charge in [0.1, 0.15) is 5.76 Å². The zero-order chi connectivity index (χ0) is 9.40. The van der Waals surface area contributed by atoms with Gasteiger partial charge in [-0.2, -0.15) is 0 Å². The van der Waals surface area contributed by atoms with Gasteiger partial charge in [-0.05, 0) is 31.9 Å². The molecule has 1 nitrogen and oxygen atoms in total. The molecule has 0 aliphatic heterocycles. The van der Waals surface area contributed by atoms with Crippen molar-refractivity contribution in [2.24, 2.45) is 0 Å². The Morgan fingerprint density at radius 3 is 2.50 bits per heavy atom. The number of aliphatic hydroxyl groups is 1. The van der Waals surface area contributed by atoms with Gasteiger partial charge >= 0.3 is 0 Å². The molecule has 0 heterocycles. The fourth-order valence-electron chi connectivity index (χ4n) is 0.820. The van der Waals surface area contributed by atoms with Gasteiger partial charge in [-0.25, -0.2) is 0 Å². The summed E-state index contributed by atoms with van der Waals surface area (Å²) in [5.74, 6) is 0.315. The summed E-state index contributed by atoms with van der Waals surface area (Å²) in [7, 11) is 0. The van der Waals surface area contributed by atoms with Crippen LogP contribution in [0.4, 0.5) is 0 Å². The third-order valence-corrected chi connectivity index (χ3v) is 1.49. The smallest absolute Gasteiger partial charge is 0.118 e. The second-order valence-corrected chi connectivity index (χ2v) is 2.38. The molecule has 0 atom stereocenters. The van der Waals surface area contributed by atoms with Crippen molar-refractivity contribution in [3.05, 3.63) is 48.3 Å². The van der Waals surface area contributed by atoms with Crippen LogP contribution < -0.4 is 0 Å². The molecule has 0 aromatic heterocycles. The first-order chi connectivity index (χ1) is 5.76. The monoisotopic (exact) mass is 164 g/mol. The number of aliphatic hydroxyl groups excluding tert-OH is 1. The van der Waals surface area contributed by atoms with Gasteiger partial charge in [0.05, 0.1) is 0 Å². The number of allylic oxidation sites excluding steroid dienone is 6. The van der Waals surface area contributed by atoms with Crippen LogP contribution in [0.1, 0.15) is 20.3 Å². The Bertz CT molecular complexity index is 219. The molecule has 12 heavy (non-hydrogen) atoms. The molecule has 0 aliphatic rings. The van der Waals surface area contributed by atoms with Crippen molar-refractivity contribution in [3.8, 4) is 0 Å². The Labute approximate surface area is 74.4 Å². The molecule has 0 saturated heterocycles. The summed E-state index contributed by atoms with van der Waals surface area (Å²) in [5.41, 5.74) is 0.906. The Balaban J connectivity index is 4.41. The molecule has 0 aliphatic carbocycles. The fraction of sp³-hybridized carbons (Fsp3) is 0.273. The van der Waals surface area contributed by atoms with Crippen LogP contribution in [0, 0.1) is 0 Å². The summed E-state index contributed by atoms with van der Waals surface area (Å²) in [6.45, 7) is 7.42. The highest BCUT2D eigenvalue weighted by atomic mass is 16.3. The minimum atomic E-state index is 0.315. The largest absolute Gasteiger partial charge is 0.508 e. The van der Waals surface area contributed by atoms with Gasteiger partial charge in [0.25, 0.3) is 0 Å². The van der Waals surface area contributed by atoms with Crippen LogP contribution in [0.3, 0.4) is 0 Å². The molecule has 0 rings (SSSR count). The number of hydrogen-bond donors (Lipinski definition) is 1. The molecule has 66 valence electrons. The molecule has 0 spiro atoms. The molecular formula is C11H16O. The Morgan fingerprint density at radius 1 is 1.42 bits per heavy atom. The quantitative estimate of drug-likeness (QED) is 0.383. The third kappa shape index (κ3) is 3.81. The molecule has 0 aromatic rings. The minimum Gasteiger partial charge on any atom is -0.508 e. The van der Waals surface area contributed by atoms with Gasteiger partial charge in [0, 0.05) is 0 Å². The lowest BCUT2D eigenvalue weighted by molar-refractivity contribution is 0.421. The zero-order valence-electron chi connectivity index (χ0n) is 7.75. The van der Waals surface area contributed by atoms with Crippen LogP contribution in [0.25, 0.3) is 0 Å². The van der Waals surface area contributed by atoms with Gasteiger partial charge in [-0.15, -0.1) is 6.58 Å². The van der Waals surface area contributed by atoms with Gasteiger partial charge < -0.3 is 5.11 Å². The molecule has 0 radical (unpaired) electrons. The summed E-state index contributed by atoms with van der Waals surface area (Å²) in [4.78, 5) is 0. The molecule has 1 heteroatoms. The van der Waals surface area contributed by atoms with Crippen molar-refractivity contribution in [2.75, 3.05) is 0 Å². The summed E-state index contributed by atoms with van der Waals surface area (Å²) in [6.07, 6.45) is 9.72. The zero-order valence-corrected chi connectivity index (χ0v) is 7.75. The fourth-order valence-corrected chi connectivity index (χ4v) is 0.820. The first-order valence-electron chi connectivity index (χ1n) is 4.04. The van der Waals surface area contributed by atoms with Gasteiger partial charge in [0.2, 0.25) is 0 Å². The summed E-state index contributed by atoms with van der Waals surface area (Å²) in [5, 5.41) is 9.46. The first-order valence-corrected chi connectivity index (χ1v) is 4.04. The van der Waals surface area contributed by atoms with E-state index in [1.165, 1.54) is 0 Å². The van der Waals surface area contributed by atoms with Gasteiger partial charge in [0.15, 0.2) is 0 Å². The van der Waals surface area contributed by atoms with E-state index in [0.29, 0.717) is 12.2 Å². The molecule has 0 saturated carbocycles. The van der Waals surface area contributed by atoms with E-state index in [2.05, 4.69) is 6.58 Å². The molecule has 1 N–H and O–H groups in total. The van der Waals surface area contributed by atoms with Crippen molar-refractivity contribution >= 4 is 0 Å². The molecule has 0 bridgehead atoms. The maximum absolute atomic E-state index is 9.46. The predicted molar refractivity (Wildman–Crippen MR) is 54.1 cm³/mol.